The summed E-state index contributed by atoms with van der Waals surface area (Å²) in [7, 11) is -0.720. The van der Waals surface area contributed by atoms with Crippen LogP contribution >= 0.6 is 0 Å². The molecule has 32 heavy (non-hydrogen) atoms. The lowest BCUT2D eigenvalue weighted by Crippen LogP contribution is -2.34. The second-order valence-electron chi connectivity index (χ2n) is 7.38. The Morgan fingerprint density at radius 1 is 0.875 bits per heavy atom. The average molecular weight is 458 g/mol. The van der Waals surface area contributed by atoms with Gasteiger partial charge in [0.25, 0.3) is 0 Å². The first-order valence-corrected chi connectivity index (χ1v) is 11.6. The van der Waals surface area contributed by atoms with E-state index in [2.05, 4.69) is 9.97 Å². The Hall–Kier alpha value is -3.01. The van der Waals surface area contributed by atoms with Crippen molar-refractivity contribution in [3.63, 3.8) is 0 Å². The molecule has 0 bridgehead atoms. The molecule has 0 aliphatic carbocycles. The zero-order valence-corrected chi connectivity index (χ0v) is 19.1. The minimum Gasteiger partial charge on any atom is -0.497 e. The molecule has 0 saturated heterocycles. The maximum Gasteiger partial charge on any atom is 0.217 e. The zero-order valence-electron chi connectivity index (χ0n) is 18.3. The standard InChI is InChI=1S/C23H27N3O5S/c1-17-12-24-23(25-13-17)22(27)16-32(28,29)26(14-18-4-8-20(30-2)9-5-18)15-19-6-10-21(31-3)11-7-19/h4-13,22,27H,14-16H2,1-3H3. The number of aryl methyl sites for hydroxylation is 1. The molecule has 0 saturated carbocycles. The monoisotopic (exact) mass is 457 g/mol. The van der Waals surface area contributed by atoms with Crippen LogP contribution in [0.15, 0.2) is 60.9 Å². The van der Waals surface area contributed by atoms with Gasteiger partial charge < -0.3 is 14.6 Å². The van der Waals surface area contributed by atoms with Gasteiger partial charge in [-0.25, -0.2) is 18.4 Å². The normalized spacial score (nSPS) is 12.5. The molecule has 1 N–H and O–H groups in total. The van der Waals surface area contributed by atoms with Gasteiger partial charge in [-0.2, -0.15) is 4.31 Å². The van der Waals surface area contributed by atoms with Gasteiger partial charge in [0.05, 0.1) is 20.0 Å². The van der Waals surface area contributed by atoms with Crippen molar-refractivity contribution >= 4 is 10.0 Å². The van der Waals surface area contributed by atoms with Crippen molar-refractivity contribution in [2.75, 3.05) is 20.0 Å². The van der Waals surface area contributed by atoms with Crippen LogP contribution < -0.4 is 9.47 Å². The van der Waals surface area contributed by atoms with Gasteiger partial charge in [0.15, 0.2) is 5.82 Å². The molecule has 1 aromatic heterocycles. The van der Waals surface area contributed by atoms with Crippen LogP contribution in [0, 0.1) is 6.92 Å². The van der Waals surface area contributed by atoms with E-state index in [4.69, 9.17) is 9.47 Å². The minimum absolute atomic E-state index is 0.0769. The molecule has 170 valence electrons. The molecule has 0 radical (unpaired) electrons. The summed E-state index contributed by atoms with van der Waals surface area (Å²) in [6.45, 7) is 2.10. The number of hydrogen-bond donors (Lipinski definition) is 1. The lowest BCUT2D eigenvalue weighted by molar-refractivity contribution is 0.188. The molecule has 8 nitrogen and oxygen atoms in total. The predicted molar refractivity (Wildman–Crippen MR) is 121 cm³/mol. The van der Waals surface area contributed by atoms with Gasteiger partial charge in [-0.15, -0.1) is 0 Å². The molecular formula is C23H27N3O5S. The Labute approximate surface area is 188 Å². The number of benzene rings is 2. The summed E-state index contributed by atoms with van der Waals surface area (Å²) in [5.41, 5.74) is 2.41. The second kappa shape index (κ2) is 10.5. The first-order valence-electron chi connectivity index (χ1n) is 10.0. The van der Waals surface area contributed by atoms with E-state index >= 15 is 0 Å². The van der Waals surface area contributed by atoms with E-state index in [1.54, 1.807) is 50.9 Å². The SMILES string of the molecule is COc1ccc(CN(Cc2ccc(OC)cc2)S(=O)(=O)CC(O)c2ncc(C)cn2)cc1. The molecule has 9 heteroatoms. The lowest BCUT2D eigenvalue weighted by Gasteiger charge is -2.24. The Kier molecular flexibility index (Phi) is 7.79. The van der Waals surface area contributed by atoms with Crippen molar-refractivity contribution in [2.24, 2.45) is 0 Å². The highest BCUT2D eigenvalue weighted by Gasteiger charge is 2.28. The summed E-state index contributed by atoms with van der Waals surface area (Å²) in [5.74, 6) is 0.922. The van der Waals surface area contributed by atoms with Crippen molar-refractivity contribution in [1.82, 2.24) is 14.3 Å². The fourth-order valence-corrected chi connectivity index (χ4v) is 4.53. The fourth-order valence-electron chi connectivity index (χ4n) is 3.08. The van der Waals surface area contributed by atoms with Crippen molar-refractivity contribution in [2.45, 2.75) is 26.1 Å². The maximum absolute atomic E-state index is 13.3. The van der Waals surface area contributed by atoms with Crippen molar-refractivity contribution < 1.29 is 23.0 Å². The van der Waals surface area contributed by atoms with Crippen molar-refractivity contribution in [3.05, 3.63) is 83.4 Å². The zero-order chi connectivity index (χ0) is 23.1. The Bertz CT molecular complexity index is 1050. The number of hydrogen-bond acceptors (Lipinski definition) is 7. The molecule has 3 aromatic rings. The number of nitrogens with zero attached hydrogens (tertiary/aromatic N) is 3. The van der Waals surface area contributed by atoms with Crippen LogP contribution in [0.3, 0.4) is 0 Å². The Morgan fingerprint density at radius 2 is 1.31 bits per heavy atom. The van der Waals surface area contributed by atoms with Gasteiger partial charge in [0.1, 0.15) is 17.6 Å². The highest BCUT2D eigenvalue weighted by molar-refractivity contribution is 7.89. The molecule has 1 unspecified atom stereocenters. The molecule has 0 fully saturated rings. The van der Waals surface area contributed by atoms with Crippen LogP contribution in [-0.2, 0) is 23.1 Å². The second-order valence-corrected chi connectivity index (χ2v) is 9.39. The van der Waals surface area contributed by atoms with E-state index in [1.165, 1.54) is 4.31 Å². The number of ether oxygens (including phenoxy) is 2. The molecule has 0 aliphatic heterocycles. The quantitative estimate of drug-likeness (QED) is 0.499. The summed E-state index contributed by atoms with van der Waals surface area (Å²) >= 11 is 0. The summed E-state index contributed by atoms with van der Waals surface area (Å²) in [6.07, 6.45) is 1.75. The summed E-state index contributed by atoms with van der Waals surface area (Å²) in [5, 5.41) is 10.5. The van der Waals surface area contributed by atoms with E-state index in [0.717, 1.165) is 16.7 Å². The van der Waals surface area contributed by atoms with Gasteiger partial charge in [-0.3, -0.25) is 0 Å². The van der Waals surface area contributed by atoms with E-state index in [0.29, 0.717) is 11.5 Å². The van der Waals surface area contributed by atoms with Crippen molar-refractivity contribution in [1.29, 1.82) is 0 Å². The molecule has 0 spiro atoms. The number of sulfonamides is 1. The first kappa shape index (κ1) is 23.6. The molecular weight excluding hydrogens is 430 g/mol. The van der Waals surface area contributed by atoms with Gasteiger partial charge in [0, 0.05) is 25.5 Å². The van der Waals surface area contributed by atoms with Crippen LogP contribution in [0.25, 0.3) is 0 Å². The van der Waals surface area contributed by atoms with Gasteiger partial charge in [0.2, 0.25) is 10.0 Å². The maximum atomic E-state index is 13.3. The van der Waals surface area contributed by atoms with Crippen LogP contribution in [-0.4, -0.2) is 47.8 Å². The number of aliphatic hydroxyl groups excluding tert-OH is 1. The summed E-state index contributed by atoms with van der Waals surface area (Å²) in [6, 6.07) is 14.4. The van der Waals surface area contributed by atoms with Gasteiger partial charge in [-0.1, -0.05) is 24.3 Å². The molecule has 1 atom stereocenters. The molecule has 3 rings (SSSR count). The minimum atomic E-state index is -3.87. The number of aromatic nitrogens is 2. The molecule has 0 amide bonds. The van der Waals surface area contributed by atoms with Gasteiger partial charge >= 0.3 is 0 Å². The van der Waals surface area contributed by atoms with E-state index < -0.39 is 21.9 Å². The van der Waals surface area contributed by atoms with Crippen LogP contribution in [0.2, 0.25) is 0 Å². The highest BCUT2D eigenvalue weighted by Crippen LogP contribution is 2.21. The molecule has 0 aliphatic rings. The molecule has 2 aromatic carbocycles. The first-order chi connectivity index (χ1) is 15.3. The summed E-state index contributed by atoms with van der Waals surface area (Å²) in [4.78, 5) is 8.11. The average Bonchev–Trinajstić information content (AvgIpc) is 2.79. The third-order valence-corrected chi connectivity index (χ3v) is 6.68. The van der Waals surface area contributed by atoms with E-state index in [-0.39, 0.29) is 18.9 Å². The van der Waals surface area contributed by atoms with Crippen LogP contribution in [0.4, 0.5) is 0 Å². The smallest absolute Gasteiger partial charge is 0.217 e. The highest BCUT2D eigenvalue weighted by atomic mass is 32.2. The van der Waals surface area contributed by atoms with Gasteiger partial charge in [-0.05, 0) is 47.9 Å². The third-order valence-electron chi connectivity index (χ3n) is 4.90. The number of rotatable bonds is 10. The Morgan fingerprint density at radius 3 is 1.72 bits per heavy atom. The lowest BCUT2D eigenvalue weighted by atomic mass is 10.2. The third kappa shape index (κ3) is 6.25. The summed E-state index contributed by atoms with van der Waals surface area (Å²) < 4.78 is 38.3. The fraction of sp³-hybridized carbons (Fsp3) is 0.304. The largest absolute Gasteiger partial charge is 0.497 e. The topological polar surface area (TPSA) is 102 Å². The number of methoxy groups -OCH3 is 2. The molecule has 1 heterocycles. The van der Waals surface area contributed by atoms with Crippen LogP contribution in [0.1, 0.15) is 28.6 Å². The van der Waals surface area contributed by atoms with Crippen LogP contribution in [0.5, 0.6) is 11.5 Å². The van der Waals surface area contributed by atoms with Crippen molar-refractivity contribution in [3.8, 4) is 11.5 Å². The Balaban J connectivity index is 1.84. The number of aliphatic hydroxyl groups is 1. The van der Waals surface area contributed by atoms with E-state index in [1.807, 2.05) is 31.2 Å². The van der Waals surface area contributed by atoms with E-state index in [9.17, 15) is 13.5 Å². The predicted octanol–water partition coefficient (Wildman–Crippen LogP) is 2.87.